The lowest BCUT2D eigenvalue weighted by Gasteiger charge is -2.30. The maximum absolute atomic E-state index is 13.9. The van der Waals surface area contributed by atoms with Gasteiger partial charge in [-0.2, -0.15) is 0 Å². The third kappa shape index (κ3) is 3.76. The predicted octanol–water partition coefficient (Wildman–Crippen LogP) is 3.04. The van der Waals surface area contributed by atoms with Crippen LogP contribution in [0.5, 0.6) is 0 Å². The lowest BCUT2D eigenvalue weighted by atomic mass is 9.92. The summed E-state index contributed by atoms with van der Waals surface area (Å²) in [5.41, 5.74) is -0.251. The van der Waals surface area contributed by atoms with Crippen molar-refractivity contribution in [3.05, 3.63) is 34.1 Å². The summed E-state index contributed by atoms with van der Waals surface area (Å²) in [6, 6.07) is 4.90. The first-order chi connectivity index (χ1) is 7.89. The average Bonchev–Trinajstić information content (AvgIpc) is 2.26. The van der Waals surface area contributed by atoms with Crippen LogP contribution in [0.4, 0.5) is 4.39 Å². The van der Waals surface area contributed by atoms with Crippen molar-refractivity contribution in [3.63, 3.8) is 0 Å². The molecule has 0 bridgehead atoms. The number of aliphatic hydroxyl groups is 1. The van der Waals surface area contributed by atoms with E-state index in [2.05, 4.69) is 35.1 Å². The highest BCUT2D eigenvalue weighted by atomic mass is 79.9. The zero-order valence-electron chi connectivity index (χ0n) is 10.4. The minimum Gasteiger partial charge on any atom is -0.394 e. The molecular weight excluding hydrogens is 285 g/mol. The Hall–Kier alpha value is -0.450. The van der Waals surface area contributed by atoms with Gasteiger partial charge in [-0.1, -0.05) is 35.8 Å². The van der Waals surface area contributed by atoms with Crippen molar-refractivity contribution in [1.29, 1.82) is 0 Å². The zero-order valence-corrected chi connectivity index (χ0v) is 12.0. The van der Waals surface area contributed by atoms with Crippen LogP contribution in [0, 0.1) is 11.7 Å². The second-order valence-corrected chi connectivity index (χ2v) is 5.80. The zero-order chi connectivity index (χ0) is 13.1. The van der Waals surface area contributed by atoms with Crippen molar-refractivity contribution in [2.45, 2.75) is 26.3 Å². The van der Waals surface area contributed by atoms with Crippen molar-refractivity contribution in [2.75, 3.05) is 13.2 Å². The number of hydrogen-bond acceptors (Lipinski definition) is 2. The van der Waals surface area contributed by atoms with Crippen LogP contribution in [-0.2, 0) is 5.54 Å². The molecule has 1 unspecified atom stereocenters. The molecule has 0 aliphatic carbocycles. The fourth-order valence-electron chi connectivity index (χ4n) is 1.60. The summed E-state index contributed by atoms with van der Waals surface area (Å²) in [6.45, 7) is 6.54. The van der Waals surface area contributed by atoms with Crippen molar-refractivity contribution in [1.82, 2.24) is 5.32 Å². The molecule has 4 heteroatoms. The molecule has 1 aromatic rings. The second-order valence-electron chi connectivity index (χ2n) is 4.89. The van der Waals surface area contributed by atoms with Crippen molar-refractivity contribution < 1.29 is 9.50 Å². The number of benzene rings is 1. The molecule has 96 valence electrons. The third-order valence-corrected chi connectivity index (χ3v) is 3.24. The maximum atomic E-state index is 13.9. The van der Waals surface area contributed by atoms with E-state index >= 15 is 0 Å². The van der Waals surface area contributed by atoms with E-state index in [4.69, 9.17) is 0 Å². The van der Waals surface area contributed by atoms with Gasteiger partial charge in [-0.05, 0) is 31.5 Å². The molecule has 0 saturated carbocycles. The van der Waals surface area contributed by atoms with Gasteiger partial charge in [0.2, 0.25) is 0 Å². The van der Waals surface area contributed by atoms with E-state index in [0.717, 1.165) is 6.54 Å². The van der Waals surface area contributed by atoms with Crippen LogP contribution in [0.15, 0.2) is 22.7 Å². The van der Waals surface area contributed by atoms with E-state index < -0.39 is 5.54 Å². The van der Waals surface area contributed by atoms with Crippen LogP contribution >= 0.6 is 15.9 Å². The van der Waals surface area contributed by atoms with Gasteiger partial charge in [0.1, 0.15) is 5.82 Å². The third-order valence-electron chi connectivity index (χ3n) is 2.74. The molecular formula is C13H19BrFNO. The first-order valence-corrected chi connectivity index (χ1v) is 6.50. The standard InChI is InChI=1S/C13H19BrFNO/c1-9(2)7-16-13(3,8-17)11-5-4-10(14)6-12(11)15/h4-6,9,16-17H,7-8H2,1-3H3. The summed E-state index contributed by atoms with van der Waals surface area (Å²) in [7, 11) is 0. The quantitative estimate of drug-likeness (QED) is 0.876. The smallest absolute Gasteiger partial charge is 0.129 e. The lowest BCUT2D eigenvalue weighted by Crippen LogP contribution is -2.45. The summed E-state index contributed by atoms with van der Waals surface area (Å²) < 4.78 is 14.6. The minimum atomic E-state index is -0.741. The Labute approximate surface area is 110 Å². The molecule has 0 saturated heterocycles. The average molecular weight is 304 g/mol. The molecule has 0 aliphatic heterocycles. The Balaban J connectivity index is 2.98. The van der Waals surface area contributed by atoms with Crippen LogP contribution in [-0.4, -0.2) is 18.3 Å². The molecule has 2 N–H and O–H groups in total. The molecule has 0 heterocycles. The molecule has 1 aromatic carbocycles. The van der Waals surface area contributed by atoms with E-state index in [1.165, 1.54) is 6.07 Å². The monoisotopic (exact) mass is 303 g/mol. The highest BCUT2D eigenvalue weighted by Crippen LogP contribution is 2.26. The van der Waals surface area contributed by atoms with E-state index in [-0.39, 0.29) is 12.4 Å². The van der Waals surface area contributed by atoms with Crippen LogP contribution in [0.1, 0.15) is 26.3 Å². The Morgan fingerprint density at radius 3 is 2.59 bits per heavy atom. The van der Waals surface area contributed by atoms with Crippen molar-refractivity contribution >= 4 is 15.9 Å². The van der Waals surface area contributed by atoms with Gasteiger partial charge in [0.25, 0.3) is 0 Å². The van der Waals surface area contributed by atoms with Crippen LogP contribution in [0.2, 0.25) is 0 Å². The molecule has 17 heavy (non-hydrogen) atoms. The molecule has 0 radical (unpaired) electrons. The maximum Gasteiger partial charge on any atom is 0.129 e. The van der Waals surface area contributed by atoms with Gasteiger partial charge in [0.15, 0.2) is 0 Å². The van der Waals surface area contributed by atoms with Crippen molar-refractivity contribution in [3.8, 4) is 0 Å². The van der Waals surface area contributed by atoms with Crippen LogP contribution in [0.25, 0.3) is 0 Å². The summed E-state index contributed by atoms with van der Waals surface area (Å²) in [5, 5.41) is 12.7. The van der Waals surface area contributed by atoms with Gasteiger partial charge >= 0.3 is 0 Å². The molecule has 0 aliphatic rings. The normalized spacial score (nSPS) is 15.0. The minimum absolute atomic E-state index is 0.141. The van der Waals surface area contributed by atoms with Gasteiger partial charge in [-0.3, -0.25) is 0 Å². The molecule has 1 rings (SSSR count). The van der Waals surface area contributed by atoms with Crippen LogP contribution in [0.3, 0.4) is 0 Å². The molecule has 0 fully saturated rings. The fourth-order valence-corrected chi connectivity index (χ4v) is 1.94. The number of nitrogens with one attached hydrogen (secondary N) is 1. The van der Waals surface area contributed by atoms with E-state index in [9.17, 15) is 9.50 Å². The van der Waals surface area contributed by atoms with Gasteiger partial charge in [0.05, 0.1) is 12.1 Å². The number of aliphatic hydroxyl groups excluding tert-OH is 1. The predicted molar refractivity (Wildman–Crippen MR) is 71.4 cm³/mol. The largest absolute Gasteiger partial charge is 0.394 e. The fraction of sp³-hybridized carbons (Fsp3) is 0.538. The summed E-state index contributed by atoms with van der Waals surface area (Å²) in [6.07, 6.45) is 0. The van der Waals surface area contributed by atoms with Gasteiger partial charge in [-0.15, -0.1) is 0 Å². The van der Waals surface area contributed by atoms with E-state index in [1.54, 1.807) is 12.1 Å². The Bertz CT molecular complexity index is 384. The van der Waals surface area contributed by atoms with Gasteiger partial charge in [0, 0.05) is 10.0 Å². The number of hydrogen-bond donors (Lipinski definition) is 2. The van der Waals surface area contributed by atoms with E-state index in [0.29, 0.717) is 16.0 Å². The van der Waals surface area contributed by atoms with Gasteiger partial charge in [-0.25, -0.2) is 4.39 Å². The molecule has 2 nitrogen and oxygen atoms in total. The molecule has 0 spiro atoms. The van der Waals surface area contributed by atoms with Gasteiger partial charge < -0.3 is 10.4 Å². The number of halogens is 2. The topological polar surface area (TPSA) is 32.3 Å². The summed E-state index contributed by atoms with van der Waals surface area (Å²) in [4.78, 5) is 0. The molecule has 1 atom stereocenters. The highest BCUT2D eigenvalue weighted by molar-refractivity contribution is 9.10. The Morgan fingerprint density at radius 1 is 1.47 bits per heavy atom. The molecule has 0 aromatic heterocycles. The lowest BCUT2D eigenvalue weighted by molar-refractivity contribution is 0.167. The first kappa shape index (κ1) is 14.6. The highest BCUT2D eigenvalue weighted by Gasteiger charge is 2.28. The SMILES string of the molecule is CC(C)CNC(C)(CO)c1ccc(Br)cc1F. The van der Waals surface area contributed by atoms with E-state index in [1.807, 2.05) is 6.92 Å². The second kappa shape index (κ2) is 5.94. The summed E-state index contributed by atoms with van der Waals surface area (Å²) >= 11 is 3.22. The first-order valence-electron chi connectivity index (χ1n) is 5.70. The number of rotatable bonds is 5. The molecule has 0 amide bonds. The summed E-state index contributed by atoms with van der Waals surface area (Å²) in [5.74, 6) is 0.131. The van der Waals surface area contributed by atoms with Crippen LogP contribution < -0.4 is 5.32 Å². The Morgan fingerprint density at radius 2 is 2.12 bits per heavy atom. The van der Waals surface area contributed by atoms with Crippen molar-refractivity contribution in [2.24, 2.45) is 5.92 Å². The Kier molecular flexibility index (Phi) is 5.10.